The van der Waals surface area contributed by atoms with Gasteiger partial charge in [-0.05, 0) is 30.7 Å². The summed E-state index contributed by atoms with van der Waals surface area (Å²) in [4.78, 5) is 26.9. The number of halogens is 1. The number of aromatic nitrogens is 1. The van der Waals surface area contributed by atoms with Crippen molar-refractivity contribution in [2.24, 2.45) is 0 Å². The molecule has 1 aromatic carbocycles. The van der Waals surface area contributed by atoms with Crippen molar-refractivity contribution >= 4 is 17.5 Å². The molecule has 138 valence electrons. The molecule has 1 aromatic heterocycles. The summed E-state index contributed by atoms with van der Waals surface area (Å²) in [6.07, 6.45) is 1.59. The third kappa shape index (κ3) is 4.08. The predicted octanol–water partition coefficient (Wildman–Crippen LogP) is 1.82. The van der Waals surface area contributed by atoms with Gasteiger partial charge in [0.05, 0.1) is 0 Å². The van der Waals surface area contributed by atoms with Crippen molar-refractivity contribution in [2.75, 3.05) is 25.0 Å². The Morgan fingerprint density at radius 3 is 2.88 bits per heavy atom. The third-order valence-electron chi connectivity index (χ3n) is 4.19. The predicted molar refractivity (Wildman–Crippen MR) is 93.2 cm³/mol. The van der Waals surface area contributed by atoms with Crippen LogP contribution in [-0.4, -0.2) is 47.5 Å². The lowest BCUT2D eigenvalue weighted by Gasteiger charge is -2.34. The lowest BCUT2D eigenvalue weighted by atomic mass is 10.1. The zero-order valence-corrected chi connectivity index (χ0v) is 14.5. The molecule has 26 heavy (non-hydrogen) atoms. The van der Waals surface area contributed by atoms with Crippen LogP contribution in [0.3, 0.4) is 0 Å². The highest BCUT2D eigenvalue weighted by Crippen LogP contribution is 2.15. The van der Waals surface area contributed by atoms with Crippen LogP contribution in [0.1, 0.15) is 29.6 Å². The largest absolute Gasteiger partial charge is 0.361 e. The van der Waals surface area contributed by atoms with Gasteiger partial charge < -0.3 is 20.1 Å². The number of anilines is 1. The van der Waals surface area contributed by atoms with Crippen molar-refractivity contribution in [3.05, 3.63) is 47.6 Å². The van der Waals surface area contributed by atoms with Gasteiger partial charge in [-0.25, -0.2) is 4.39 Å². The van der Waals surface area contributed by atoms with Crippen LogP contribution >= 0.6 is 0 Å². The number of nitrogens with zero attached hydrogens (tertiary/aromatic N) is 2. The van der Waals surface area contributed by atoms with Gasteiger partial charge >= 0.3 is 0 Å². The monoisotopic (exact) mass is 360 g/mol. The fraction of sp³-hybridized carbons (Fsp3) is 0.389. The highest BCUT2D eigenvalue weighted by Gasteiger charge is 2.34. The van der Waals surface area contributed by atoms with Crippen molar-refractivity contribution in [3.63, 3.8) is 0 Å². The van der Waals surface area contributed by atoms with E-state index in [2.05, 4.69) is 15.8 Å². The average Bonchev–Trinajstić information content (AvgIpc) is 3.12. The van der Waals surface area contributed by atoms with Crippen LogP contribution in [0, 0.1) is 5.82 Å². The maximum atomic E-state index is 13.0. The van der Waals surface area contributed by atoms with Gasteiger partial charge in [0.2, 0.25) is 5.91 Å². The lowest BCUT2D eigenvalue weighted by molar-refractivity contribution is -0.121. The van der Waals surface area contributed by atoms with E-state index in [1.165, 1.54) is 29.2 Å². The zero-order chi connectivity index (χ0) is 18.5. The van der Waals surface area contributed by atoms with Crippen molar-refractivity contribution in [2.45, 2.75) is 25.8 Å². The van der Waals surface area contributed by atoms with Crippen molar-refractivity contribution in [1.29, 1.82) is 0 Å². The second-order valence-corrected chi connectivity index (χ2v) is 6.14. The number of hydrogen-bond donors (Lipinski definition) is 2. The molecular formula is C18H21FN4O3. The Balaban J connectivity index is 1.72. The number of hydrogen-bond acceptors (Lipinski definition) is 5. The number of piperazine rings is 1. The normalized spacial score (nSPS) is 17.2. The Labute approximate surface area is 150 Å². The van der Waals surface area contributed by atoms with Gasteiger partial charge in [-0.3, -0.25) is 9.59 Å². The molecular weight excluding hydrogens is 339 g/mol. The van der Waals surface area contributed by atoms with Crippen LogP contribution in [0.2, 0.25) is 0 Å². The minimum atomic E-state index is -0.687. The summed E-state index contributed by atoms with van der Waals surface area (Å²) in [5.41, 5.74) is 0.677. The molecule has 2 aromatic rings. The van der Waals surface area contributed by atoms with Crippen molar-refractivity contribution in [1.82, 2.24) is 15.4 Å². The molecule has 2 amide bonds. The van der Waals surface area contributed by atoms with Gasteiger partial charge in [-0.2, -0.15) is 0 Å². The number of rotatable bonds is 5. The van der Waals surface area contributed by atoms with Crippen LogP contribution in [0.25, 0.3) is 0 Å². The molecule has 1 aliphatic rings. The lowest BCUT2D eigenvalue weighted by Crippen LogP contribution is -2.58. The zero-order valence-electron chi connectivity index (χ0n) is 14.5. The summed E-state index contributed by atoms with van der Waals surface area (Å²) in [5.74, 6) is -0.405. The Kier molecular flexibility index (Phi) is 5.62. The number of carbonyl (C=O) groups is 2. The standard InChI is InChI=1S/C18H21FN4O3/c1-2-3-14-10-15(22-26-14)18(25)23-9-8-20-11-16(23)17(24)21-13-6-4-12(19)5-7-13/h4-7,10,16,20H,2-3,8-9,11H2,1H3,(H,21,24)/t16-/m1/s1. The minimum Gasteiger partial charge on any atom is -0.361 e. The molecule has 0 unspecified atom stereocenters. The van der Waals surface area contributed by atoms with Crippen LogP contribution in [0.5, 0.6) is 0 Å². The Morgan fingerprint density at radius 1 is 1.38 bits per heavy atom. The summed E-state index contributed by atoms with van der Waals surface area (Å²) < 4.78 is 18.2. The van der Waals surface area contributed by atoms with E-state index in [0.717, 1.165) is 6.42 Å². The summed E-state index contributed by atoms with van der Waals surface area (Å²) in [5, 5.41) is 9.67. The SMILES string of the molecule is CCCc1cc(C(=O)N2CCNC[C@@H]2C(=O)Nc2ccc(F)cc2)no1. The fourth-order valence-electron chi connectivity index (χ4n) is 2.87. The van der Waals surface area contributed by atoms with Crippen molar-refractivity contribution < 1.29 is 18.5 Å². The molecule has 8 heteroatoms. The van der Waals surface area contributed by atoms with E-state index in [0.29, 0.717) is 37.5 Å². The second-order valence-electron chi connectivity index (χ2n) is 6.14. The maximum absolute atomic E-state index is 13.0. The van der Waals surface area contributed by atoms with Crippen LogP contribution in [0.15, 0.2) is 34.9 Å². The highest BCUT2D eigenvalue weighted by atomic mass is 19.1. The Morgan fingerprint density at radius 2 is 2.15 bits per heavy atom. The molecule has 0 radical (unpaired) electrons. The number of benzene rings is 1. The van der Waals surface area contributed by atoms with E-state index in [9.17, 15) is 14.0 Å². The molecule has 1 saturated heterocycles. The van der Waals surface area contributed by atoms with Crippen molar-refractivity contribution in [3.8, 4) is 0 Å². The first-order chi connectivity index (χ1) is 12.6. The van der Waals surface area contributed by atoms with E-state index < -0.39 is 6.04 Å². The molecule has 0 spiro atoms. The minimum absolute atomic E-state index is 0.204. The smallest absolute Gasteiger partial charge is 0.276 e. The van der Waals surface area contributed by atoms with E-state index in [-0.39, 0.29) is 23.3 Å². The molecule has 0 bridgehead atoms. The molecule has 7 nitrogen and oxygen atoms in total. The molecule has 2 N–H and O–H groups in total. The van der Waals surface area contributed by atoms with Crippen LogP contribution in [0.4, 0.5) is 10.1 Å². The summed E-state index contributed by atoms with van der Waals surface area (Å²) in [6, 6.07) is 6.43. The summed E-state index contributed by atoms with van der Waals surface area (Å²) >= 11 is 0. The van der Waals surface area contributed by atoms with Gasteiger partial charge in [-0.1, -0.05) is 12.1 Å². The Hall–Kier alpha value is -2.74. The summed E-state index contributed by atoms with van der Waals surface area (Å²) in [6.45, 7) is 3.32. The molecule has 1 atom stereocenters. The quantitative estimate of drug-likeness (QED) is 0.849. The summed E-state index contributed by atoms with van der Waals surface area (Å²) in [7, 11) is 0. The van der Waals surface area contributed by atoms with E-state index in [1.807, 2.05) is 6.92 Å². The molecule has 0 aliphatic carbocycles. The Bertz CT molecular complexity index is 775. The van der Waals surface area contributed by atoms with Crippen LogP contribution < -0.4 is 10.6 Å². The number of nitrogens with one attached hydrogen (secondary N) is 2. The highest BCUT2D eigenvalue weighted by molar-refractivity contribution is 6.00. The molecule has 3 rings (SSSR count). The first kappa shape index (κ1) is 18.1. The molecule has 0 saturated carbocycles. The fourth-order valence-corrected chi connectivity index (χ4v) is 2.87. The van der Waals surface area contributed by atoms with E-state index >= 15 is 0 Å². The molecule has 2 heterocycles. The number of carbonyl (C=O) groups excluding carboxylic acids is 2. The van der Waals surface area contributed by atoms with Crippen LogP contribution in [-0.2, 0) is 11.2 Å². The maximum Gasteiger partial charge on any atom is 0.276 e. The topological polar surface area (TPSA) is 87.5 Å². The van der Waals surface area contributed by atoms with E-state index in [1.54, 1.807) is 6.07 Å². The van der Waals surface area contributed by atoms with E-state index in [4.69, 9.17) is 4.52 Å². The number of amides is 2. The second kappa shape index (κ2) is 8.09. The van der Waals surface area contributed by atoms with Gasteiger partial charge in [-0.15, -0.1) is 0 Å². The average molecular weight is 360 g/mol. The van der Waals surface area contributed by atoms with Gasteiger partial charge in [0.25, 0.3) is 5.91 Å². The van der Waals surface area contributed by atoms with Gasteiger partial charge in [0, 0.05) is 37.8 Å². The van der Waals surface area contributed by atoms with Gasteiger partial charge in [0.1, 0.15) is 17.6 Å². The molecule has 1 fully saturated rings. The van der Waals surface area contributed by atoms with Gasteiger partial charge in [0.15, 0.2) is 5.69 Å². The first-order valence-corrected chi connectivity index (χ1v) is 8.62. The number of aryl methyl sites for hydroxylation is 1. The first-order valence-electron chi connectivity index (χ1n) is 8.62. The molecule has 1 aliphatic heterocycles. The third-order valence-corrected chi connectivity index (χ3v) is 4.19.